The molecule has 70 valence electrons. The highest BCUT2D eigenvalue weighted by molar-refractivity contribution is 9.10. The van der Waals surface area contributed by atoms with Crippen LogP contribution in [0.25, 0.3) is 0 Å². The minimum absolute atomic E-state index is 0.152. The zero-order valence-electron chi connectivity index (χ0n) is 6.85. The van der Waals surface area contributed by atoms with E-state index in [1.165, 1.54) is 30.1 Å². The number of rotatable bonds is 2. The molecular formula is C8H4BrN3OS. The highest BCUT2D eigenvalue weighted by Gasteiger charge is 2.12. The first-order valence-electron chi connectivity index (χ1n) is 3.68. The lowest BCUT2D eigenvalue weighted by molar-refractivity contribution is 0.103. The third-order valence-corrected chi connectivity index (χ3v) is 3.04. The van der Waals surface area contributed by atoms with Gasteiger partial charge < -0.3 is 0 Å². The van der Waals surface area contributed by atoms with Gasteiger partial charge in [0.25, 0.3) is 0 Å². The zero-order chi connectivity index (χ0) is 9.97. The molecule has 2 aromatic heterocycles. The first-order chi connectivity index (χ1) is 6.77. The number of aromatic nitrogens is 3. The molecule has 4 nitrogen and oxygen atoms in total. The van der Waals surface area contributed by atoms with E-state index in [-0.39, 0.29) is 5.78 Å². The Labute approximate surface area is 92.2 Å². The number of nitrogens with zero attached hydrogens (tertiary/aromatic N) is 3. The van der Waals surface area contributed by atoms with Gasteiger partial charge in [-0.1, -0.05) is 0 Å². The maximum Gasteiger partial charge on any atom is 0.224 e. The van der Waals surface area contributed by atoms with E-state index in [9.17, 15) is 4.79 Å². The Hall–Kier alpha value is -1.14. The van der Waals surface area contributed by atoms with E-state index in [4.69, 9.17) is 0 Å². The Bertz CT molecular complexity index is 457. The van der Waals surface area contributed by atoms with Gasteiger partial charge in [0.15, 0.2) is 5.01 Å². The van der Waals surface area contributed by atoms with Crippen molar-refractivity contribution in [1.29, 1.82) is 0 Å². The lowest BCUT2D eigenvalue weighted by Crippen LogP contribution is -2.01. The Morgan fingerprint density at radius 2 is 2.07 bits per heavy atom. The van der Waals surface area contributed by atoms with Gasteiger partial charge in [-0.15, -0.1) is 11.3 Å². The van der Waals surface area contributed by atoms with Crippen LogP contribution in [0.15, 0.2) is 28.7 Å². The maximum absolute atomic E-state index is 11.7. The van der Waals surface area contributed by atoms with Crippen LogP contribution in [0.3, 0.4) is 0 Å². The van der Waals surface area contributed by atoms with E-state index < -0.39 is 0 Å². The van der Waals surface area contributed by atoms with Crippen molar-refractivity contribution in [3.63, 3.8) is 0 Å². The summed E-state index contributed by atoms with van der Waals surface area (Å²) in [5.41, 5.74) is 0.453. The molecule has 0 aromatic carbocycles. The van der Waals surface area contributed by atoms with Crippen molar-refractivity contribution in [1.82, 2.24) is 15.0 Å². The van der Waals surface area contributed by atoms with Gasteiger partial charge in [0.05, 0.1) is 5.56 Å². The fraction of sp³-hybridized carbons (Fsp3) is 0. The molecule has 0 spiro atoms. The minimum atomic E-state index is -0.152. The topological polar surface area (TPSA) is 55.7 Å². The molecule has 0 N–H and O–H groups in total. The summed E-state index contributed by atoms with van der Waals surface area (Å²) in [7, 11) is 0. The summed E-state index contributed by atoms with van der Waals surface area (Å²) >= 11 is 4.48. The first kappa shape index (κ1) is 9.42. The molecule has 0 amide bonds. The summed E-state index contributed by atoms with van der Waals surface area (Å²) in [6.45, 7) is 0. The van der Waals surface area contributed by atoms with Crippen LogP contribution >= 0.6 is 27.3 Å². The van der Waals surface area contributed by atoms with E-state index in [0.29, 0.717) is 15.2 Å². The van der Waals surface area contributed by atoms with E-state index in [1.54, 1.807) is 5.38 Å². The van der Waals surface area contributed by atoms with Crippen LogP contribution in [0.5, 0.6) is 0 Å². The first-order valence-corrected chi connectivity index (χ1v) is 5.35. The summed E-state index contributed by atoms with van der Waals surface area (Å²) in [4.78, 5) is 23.3. The van der Waals surface area contributed by atoms with Crippen LogP contribution in [-0.2, 0) is 0 Å². The highest BCUT2D eigenvalue weighted by atomic mass is 79.9. The summed E-state index contributed by atoms with van der Waals surface area (Å²) in [5.74, 6) is -0.152. The smallest absolute Gasteiger partial charge is 0.224 e. The summed E-state index contributed by atoms with van der Waals surface area (Å²) < 4.78 is 0.669. The van der Waals surface area contributed by atoms with Crippen molar-refractivity contribution >= 4 is 33.0 Å². The number of hydrogen-bond donors (Lipinski definition) is 0. The van der Waals surface area contributed by atoms with Gasteiger partial charge in [-0.05, 0) is 15.9 Å². The van der Waals surface area contributed by atoms with Gasteiger partial charge in [0.1, 0.15) is 10.9 Å². The Balaban J connectivity index is 2.34. The highest BCUT2D eigenvalue weighted by Crippen LogP contribution is 2.17. The van der Waals surface area contributed by atoms with Gasteiger partial charge >= 0.3 is 0 Å². The molecule has 14 heavy (non-hydrogen) atoms. The van der Waals surface area contributed by atoms with Crippen LogP contribution < -0.4 is 0 Å². The second-order valence-corrected chi connectivity index (χ2v) is 4.10. The zero-order valence-corrected chi connectivity index (χ0v) is 9.25. The molecule has 2 rings (SSSR count). The van der Waals surface area contributed by atoms with Crippen molar-refractivity contribution in [2.45, 2.75) is 0 Å². The number of carbonyl (C=O) groups excluding carboxylic acids is 1. The molecule has 0 aliphatic heterocycles. The molecule has 0 aliphatic rings. The normalized spacial score (nSPS) is 10.1. The quantitative estimate of drug-likeness (QED) is 0.782. The van der Waals surface area contributed by atoms with Crippen molar-refractivity contribution in [3.8, 4) is 0 Å². The predicted octanol–water partition coefficient (Wildman–Crippen LogP) is 1.93. The van der Waals surface area contributed by atoms with Gasteiger partial charge in [0, 0.05) is 17.8 Å². The summed E-state index contributed by atoms with van der Waals surface area (Å²) in [5, 5.41) is 2.20. The van der Waals surface area contributed by atoms with E-state index >= 15 is 0 Å². The van der Waals surface area contributed by atoms with Gasteiger partial charge in [0.2, 0.25) is 5.78 Å². The van der Waals surface area contributed by atoms with Crippen LogP contribution in [0, 0.1) is 0 Å². The molecule has 0 atom stereocenters. The minimum Gasteiger partial charge on any atom is -0.286 e. The van der Waals surface area contributed by atoms with Gasteiger partial charge in [-0.3, -0.25) is 4.79 Å². The molecule has 0 radical (unpaired) electrons. The molecule has 2 heterocycles. The number of ketones is 1. The fourth-order valence-corrected chi connectivity index (χ4v) is 2.11. The average Bonchev–Trinajstić information content (AvgIpc) is 2.65. The van der Waals surface area contributed by atoms with Crippen LogP contribution in [-0.4, -0.2) is 20.7 Å². The molecule has 0 saturated heterocycles. The van der Waals surface area contributed by atoms with Crippen molar-refractivity contribution < 1.29 is 4.79 Å². The van der Waals surface area contributed by atoms with Crippen molar-refractivity contribution in [3.05, 3.63) is 39.3 Å². The largest absolute Gasteiger partial charge is 0.286 e. The summed E-state index contributed by atoms with van der Waals surface area (Å²) in [6, 6.07) is 0. The average molecular weight is 270 g/mol. The monoisotopic (exact) mass is 269 g/mol. The number of hydrogen-bond acceptors (Lipinski definition) is 5. The molecule has 6 heteroatoms. The Morgan fingerprint density at radius 3 is 2.64 bits per heavy atom. The molecule has 0 saturated carbocycles. The standard InChI is InChI=1S/C8H4BrN3OS/c9-6-3-14-8(12-6)7(13)5-1-10-4-11-2-5/h1-4H. The SMILES string of the molecule is O=C(c1cncnc1)c1nc(Br)cs1. The third-order valence-electron chi connectivity index (χ3n) is 1.49. The molecule has 0 aliphatic carbocycles. The van der Waals surface area contributed by atoms with Crippen molar-refractivity contribution in [2.75, 3.05) is 0 Å². The van der Waals surface area contributed by atoms with E-state index in [1.807, 2.05) is 0 Å². The van der Waals surface area contributed by atoms with Crippen molar-refractivity contribution in [2.24, 2.45) is 0 Å². The number of carbonyl (C=O) groups is 1. The lowest BCUT2D eigenvalue weighted by Gasteiger charge is -1.93. The molecule has 0 bridgehead atoms. The molecule has 2 aromatic rings. The Kier molecular flexibility index (Phi) is 2.64. The second-order valence-electron chi connectivity index (χ2n) is 2.43. The second kappa shape index (κ2) is 3.93. The number of thiazole rings is 1. The fourth-order valence-electron chi connectivity index (χ4n) is 0.898. The van der Waals surface area contributed by atoms with Crippen LogP contribution in [0.2, 0.25) is 0 Å². The van der Waals surface area contributed by atoms with Crippen LogP contribution in [0.4, 0.5) is 0 Å². The lowest BCUT2D eigenvalue weighted by atomic mass is 10.2. The van der Waals surface area contributed by atoms with Crippen LogP contribution in [0.1, 0.15) is 15.4 Å². The third kappa shape index (κ3) is 1.85. The maximum atomic E-state index is 11.7. The van der Waals surface area contributed by atoms with Gasteiger partial charge in [-0.25, -0.2) is 15.0 Å². The van der Waals surface area contributed by atoms with Gasteiger partial charge in [-0.2, -0.15) is 0 Å². The predicted molar refractivity (Wildman–Crippen MR) is 55.3 cm³/mol. The molecule has 0 unspecified atom stereocenters. The molecule has 0 fully saturated rings. The number of halogens is 1. The molecular weight excluding hydrogens is 266 g/mol. The Morgan fingerprint density at radius 1 is 1.36 bits per heavy atom. The van der Waals surface area contributed by atoms with E-state index in [2.05, 4.69) is 30.9 Å². The summed E-state index contributed by atoms with van der Waals surface area (Å²) in [6.07, 6.45) is 4.34. The van der Waals surface area contributed by atoms with E-state index in [0.717, 1.165) is 0 Å².